The largest absolute Gasteiger partial charge is 0.225 e. The summed E-state index contributed by atoms with van der Waals surface area (Å²) in [6.45, 7) is 2.03. The van der Waals surface area contributed by atoms with Crippen LogP contribution >= 0.6 is 11.6 Å². The first kappa shape index (κ1) is 10.8. The molecule has 0 aromatic rings. The van der Waals surface area contributed by atoms with Crippen molar-refractivity contribution < 1.29 is 8.42 Å². The zero-order valence-corrected chi connectivity index (χ0v) is 7.80. The predicted octanol–water partition coefficient (Wildman–Crippen LogP) is 0.516. The molecule has 0 rings (SSSR count). The van der Waals surface area contributed by atoms with Gasteiger partial charge < -0.3 is 0 Å². The average molecular weight is 196 g/mol. The molecule has 5 heteroatoms. The summed E-state index contributed by atoms with van der Waals surface area (Å²) in [5, 5.41) is -0.396. The molecule has 11 heavy (non-hydrogen) atoms. The first-order valence-electron chi connectivity index (χ1n) is 3.05. The fourth-order valence-electron chi connectivity index (χ4n) is 0.433. The normalized spacial score (nSPS) is 10.4. The van der Waals surface area contributed by atoms with Crippen molar-refractivity contribution in [2.45, 2.75) is 13.3 Å². The van der Waals surface area contributed by atoms with E-state index in [4.69, 9.17) is 11.6 Å². The van der Waals surface area contributed by atoms with Crippen molar-refractivity contribution in [1.82, 2.24) is 4.72 Å². The van der Waals surface area contributed by atoms with Crippen LogP contribution in [0.15, 0.2) is 0 Å². The second-order valence-electron chi connectivity index (χ2n) is 1.79. The van der Waals surface area contributed by atoms with E-state index in [2.05, 4.69) is 16.6 Å². The van der Waals surface area contributed by atoms with Gasteiger partial charge in [0.25, 0.3) is 0 Å². The number of hydrogen-bond donors (Lipinski definition) is 1. The summed E-state index contributed by atoms with van der Waals surface area (Å²) in [5.74, 6) is 5.38. The van der Waals surface area contributed by atoms with Gasteiger partial charge in [0.15, 0.2) is 0 Å². The molecule has 0 saturated carbocycles. The van der Waals surface area contributed by atoms with Gasteiger partial charge in [0, 0.05) is 13.0 Å². The monoisotopic (exact) mass is 195 g/mol. The molecular weight excluding hydrogens is 186 g/mol. The Bertz CT molecular complexity index is 249. The molecule has 1 N–H and O–H groups in total. The number of nitrogens with one attached hydrogen (secondary N) is 1. The Morgan fingerprint density at radius 3 is 2.64 bits per heavy atom. The molecule has 0 atom stereocenters. The predicted molar refractivity (Wildman–Crippen MR) is 45.7 cm³/mol. The lowest BCUT2D eigenvalue weighted by atomic mass is 10.4. The van der Waals surface area contributed by atoms with E-state index in [0.717, 1.165) is 0 Å². The molecule has 0 aliphatic rings. The molecule has 64 valence electrons. The fraction of sp³-hybridized carbons (Fsp3) is 0.667. The van der Waals surface area contributed by atoms with Gasteiger partial charge in [0.2, 0.25) is 10.0 Å². The lowest BCUT2D eigenvalue weighted by Gasteiger charge is -1.98. The van der Waals surface area contributed by atoms with E-state index in [-0.39, 0.29) is 0 Å². The number of halogens is 1. The second-order valence-corrected chi connectivity index (χ2v) is 4.19. The fourth-order valence-corrected chi connectivity index (χ4v) is 1.15. The SMILES string of the molecule is CC#CCCNS(=O)(=O)CCl. The summed E-state index contributed by atoms with van der Waals surface area (Å²) in [4.78, 5) is 0. The molecule has 0 aromatic carbocycles. The van der Waals surface area contributed by atoms with Crippen LogP contribution in [0.5, 0.6) is 0 Å². The van der Waals surface area contributed by atoms with E-state index < -0.39 is 15.2 Å². The van der Waals surface area contributed by atoms with Crippen molar-refractivity contribution in [3.05, 3.63) is 0 Å². The smallest absolute Gasteiger partial charge is 0.213 e. The van der Waals surface area contributed by atoms with Crippen molar-refractivity contribution >= 4 is 21.6 Å². The molecule has 0 spiro atoms. The third-order valence-electron chi connectivity index (χ3n) is 0.892. The first-order valence-corrected chi connectivity index (χ1v) is 5.24. The summed E-state index contributed by atoms with van der Waals surface area (Å²) in [7, 11) is -3.25. The summed E-state index contributed by atoms with van der Waals surface area (Å²) < 4.78 is 23.6. The third kappa shape index (κ3) is 6.17. The van der Waals surface area contributed by atoms with Crippen LogP contribution in [-0.2, 0) is 10.0 Å². The molecule has 0 aromatic heterocycles. The van der Waals surface area contributed by atoms with Crippen LogP contribution in [0.2, 0.25) is 0 Å². The Hall–Kier alpha value is -0.240. The van der Waals surface area contributed by atoms with E-state index in [1.807, 2.05) is 0 Å². The maximum atomic E-state index is 10.7. The lowest BCUT2D eigenvalue weighted by molar-refractivity contribution is 0.587. The van der Waals surface area contributed by atoms with Crippen LogP contribution in [0.3, 0.4) is 0 Å². The van der Waals surface area contributed by atoms with Gasteiger partial charge >= 0.3 is 0 Å². The van der Waals surface area contributed by atoms with Crippen LogP contribution in [0.4, 0.5) is 0 Å². The van der Waals surface area contributed by atoms with Gasteiger partial charge in [-0.05, 0) is 6.92 Å². The highest BCUT2D eigenvalue weighted by molar-refractivity contribution is 7.90. The van der Waals surface area contributed by atoms with Gasteiger partial charge in [-0.1, -0.05) is 0 Å². The number of sulfonamides is 1. The highest BCUT2D eigenvalue weighted by Crippen LogP contribution is 1.87. The van der Waals surface area contributed by atoms with Gasteiger partial charge in [-0.15, -0.1) is 23.4 Å². The molecule has 0 aliphatic carbocycles. The van der Waals surface area contributed by atoms with Crippen molar-refractivity contribution in [2.75, 3.05) is 11.8 Å². The van der Waals surface area contributed by atoms with E-state index in [0.29, 0.717) is 13.0 Å². The van der Waals surface area contributed by atoms with Gasteiger partial charge in [-0.25, -0.2) is 13.1 Å². The van der Waals surface area contributed by atoms with Crippen LogP contribution in [-0.4, -0.2) is 20.2 Å². The minimum Gasteiger partial charge on any atom is -0.213 e. The summed E-state index contributed by atoms with van der Waals surface area (Å²) in [6, 6.07) is 0. The zero-order chi connectivity index (χ0) is 8.74. The Balaban J connectivity index is 3.60. The van der Waals surface area contributed by atoms with Crippen molar-refractivity contribution in [1.29, 1.82) is 0 Å². The average Bonchev–Trinajstić information content (AvgIpc) is 1.99. The molecule has 3 nitrogen and oxygen atoms in total. The van der Waals surface area contributed by atoms with E-state index in [1.165, 1.54) is 0 Å². The molecule has 0 saturated heterocycles. The minimum atomic E-state index is -3.25. The number of alkyl halides is 1. The molecular formula is C6H10ClNO2S. The zero-order valence-electron chi connectivity index (χ0n) is 6.22. The molecule has 0 bridgehead atoms. The van der Waals surface area contributed by atoms with Crippen LogP contribution in [0.1, 0.15) is 13.3 Å². The van der Waals surface area contributed by atoms with Gasteiger partial charge in [-0.3, -0.25) is 0 Å². The second kappa shape index (κ2) is 5.42. The Labute approximate surface area is 72.2 Å². The van der Waals surface area contributed by atoms with E-state index in [9.17, 15) is 8.42 Å². The Morgan fingerprint density at radius 2 is 2.18 bits per heavy atom. The molecule has 0 unspecified atom stereocenters. The maximum Gasteiger partial charge on any atom is 0.225 e. The summed E-state index contributed by atoms with van der Waals surface area (Å²) in [6.07, 6.45) is 0.520. The van der Waals surface area contributed by atoms with Crippen LogP contribution in [0, 0.1) is 11.8 Å². The standard InChI is InChI=1S/C6H10ClNO2S/c1-2-3-4-5-8-11(9,10)6-7/h8H,4-6H2,1H3. The molecule has 0 aliphatic heterocycles. The van der Waals surface area contributed by atoms with Gasteiger partial charge in [-0.2, -0.15) is 0 Å². The quantitative estimate of drug-likeness (QED) is 0.404. The topological polar surface area (TPSA) is 46.2 Å². The highest BCUT2D eigenvalue weighted by atomic mass is 35.5. The molecule has 0 heterocycles. The highest BCUT2D eigenvalue weighted by Gasteiger charge is 2.04. The Kier molecular flexibility index (Phi) is 5.30. The third-order valence-corrected chi connectivity index (χ3v) is 2.69. The lowest BCUT2D eigenvalue weighted by Crippen LogP contribution is -2.25. The van der Waals surface area contributed by atoms with Gasteiger partial charge in [0.1, 0.15) is 5.21 Å². The minimum absolute atomic E-state index is 0.329. The van der Waals surface area contributed by atoms with E-state index in [1.54, 1.807) is 6.92 Å². The summed E-state index contributed by atoms with van der Waals surface area (Å²) >= 11 is 5.12. The number of rotatable bonds is 4. The Morgan fingerprint density at radius 1 is 1.55 bits per heavy atom. The van der Waals surface area contributed by atoms with E-state index >= 15 is 0 Å². The maximum absolute atomic E-state index is 10.7. The van der Waals surface area contributed by atoms with Gasteiger partial charge in [0.05, 0.1) is 0 Å². The van der Waals surface area contributed by atoms with Crippen molar-refractivity contribution in [3.8, 4) is 11.8 Å². The first-order chi connectivity index (χ1) is 5.12. The molecule has 0 amide bonds. The molecule has 0 radical (unpaired) electrons. The molecule has 0 fully saturated rings. The number of hydrogen-bond acceptors (Lipinski definition) is 2. The van der Waals surface area contributed by atoms with Crippen LogP contribution < -0.4 is 4.72 Å². The summed E-state index contributed by atoms with van der Waals surface area (Å²) in [5.41, 5.74) is 0. The van der Waals surface area contributed by atoms with Crippen molar-refractivity contribution in [2.24, 2.45) is 0 Å². The van der Waals surface area contributed by atoms with Crippen molar-refractivity contribution in [3.63, 3.8) is 0 Å². The van der Waals surface area contributed by atoms with Crippen LogP contribution in [0.25, 0.3) is 0 Å².